The Morgan fingerprint density at radius 2 is 1.94 bits per heavy atom. The van der Waals surface area contributed by atoms with E-state index < -0.39 is 12.2 Å². The predicted molar refractivity (Wildman–Crippen MR) is 141 cm³/mol. The van der Waals surface area contributed by atoms with Crippen LogP contribution in [0.5, 0.6) is 0 Å². The van der Waals surface area contributed by atoms with Crippen LogP contribution < -0.4 is 0 Å². The van der Waals surface area contributed by atoms with Gasteiger partial charge >= 0.3 is 0 Å². The number of carbonyl (C=O) groups is 1. The number of hydrogen-bond acceptors (Lipinski definition) is 4. The molecule has 0 radical (unpaired) electrons. The third kappa shape index (κ3) is 5.40. The third-order valence-electron chi connectivity index (χ3n) is 10.5. The Bertz CT molecular complexity index is 865. The van der Waals surface area contributed by atoms with Crippen molar-refractivity contribution in [2.75, 3.05) is 0 Å². The highest BCUT2D eigenvalue weighted by molar-refractivity contribution is 5.87. The van der Waals surface area contributed by atoms with Crippen molar-refractivity contribution in [1.29, 1.82) is 0 Å². The average molecular weight is 485 g/mol. The molecule has 3 N–H and O–H groups in total. The highest BCUT2D eigenvalue weighted by atomic mass is 16.3. The summed E-state index contributed by atoms with van der Waals surface area (Å²) in [5.41, 5.74) is 3.38. The summed E-state index contributed by atoms with van der Waals surface area (Å²) in [6.45, 7) is 10.7. The van der Waals surface area contributed by atoms with Gasteiger partial charge in [-0.15, -0.1) is 0 Å². The van der Waals surface area contributed by atoms with Crippen molar-refractivity contribution in [3.63, 3.8) is 0 Å². The Balaban J connectivity index is 1.39. The predicted octanol–water partition coefficient (Wildman–Crippen LogP) is 6.05. The largest absolute Gasteiger partial charge is 0.393 e. The molecule has 0 bridgehead atoms. The SMILES string of the molecule is C=C1/C(=C\C=C2/CCC[C@]3(C)[C@@H]([C@H](C)[C@@H](O)CCCC4(C(=O)CC)CC4)CC[C@@H]23)C[C@@H](O)C[C@@H]1O. The topological polar surface area (TPSA) is 77.8 Å². The Morgan fingerprint density at radius 3 is 2.63 bits per heavy atom. The van der Waals surface area contributed by atoms with Crippen molar-refractivity contribution < 1.29 is 20.1 Å². The summed E-state index contributed by atoms with van der Waals surface area (Å²) in [5, 5.41) is 31.4. The fraction of sp³-hybridized carbons (Fsp3) is 0.774. The smallest absolute Gasteiger partial charge is 0.138 e. The van der Waals surface area contributed by atoms with Gasteiger partial charge in [0, 0.05) is 18.3 Å². The van der Waals surface area contributed by atoms with Crippen molar-refractivity contribution >= 4 is 5.78 Å². The van der Waals surface area contributed by atoms with E-state index in [1.165, 1.54) is 24.8 Å². The number of fused-ring (bicyclic) bond motifs is 1. The lowest BCUT2D eigenvalue weighted by Crippen LogP contribution is -2.39. The number of rotatable bonds is 9. The highest BCUT2D eigenvalue weighted by Gasteiger charge is 2.52. The Labute approximate surface area is 212 Å². The zero-order chi connectivity index (χ0) is 25.4. The van der Waals surface area contributed by atoms with Gasteiger partial charge in [-0.25, -0.2) is 0 Å². The fourth-order valence-corrected chi connectivity index (χ4v) is 7.98. The van der Waals surface area contributed by atoms with Gasteiger partial charge in [0.1, 0.15) is 5.78 Å². The molecule has 0 aromatic heterocycles. The van der Waals surface area contributed by atoms with E-state index in [1.807, 2.05) is 6.92 Å². The minimum Gasteiger partial charge on any atom is -0.393 e. The van der Waals surface area contributed by atoms with Crippen LogP contribution in [0.3, 0.4) is 0 Å². The number of ketones is 1. The van der Waals surface area contributed by atoms with E-state index in [0.29, 0.717) is 36.9 Å². The molecule has 35 heavy (non-hydrogen) atoms. The van der Waals surface area contributed by atoms with E-state index in [2.05, 4.69) is 32.6 Å². The maximum absolute atomic E-state index is 12.2. The molecule has 0 saturated heterocycles. The number of carbonyl (C=O) groups excluding carboxylic acids is 1. The van der Waals surface area contributed by atoms with Crippen LogP contribution >= 0.6 is 0 Å². The van der Waals surface area contributed by atoms with Crippen LogP contribution in [0.2, 0.25) is 0 Å². The minimum absolute atomic E-state index is 0.0462. The Morgan fingerprint density at radius 1 is 1.20 bits per heavy atom. The van der Waals surface area contributed by atoms with Gasteiger partial charge in [-0.05, 0) is 105 Å². The summed E-state index contributed by atoms with van der Waals surface area (Å²) >= 11 is 0. The molecular formula is C31H48O4. The molecular weight excluding hydrogens is 436 g/mol. The zero-order valence-electron chi connectivity index (χ0n) is 22.3. The van der Waals surface area contributed by atoms with Crippen LogP contribution in [-0.4, -0.2) is 39.4 Å². The van der Waals surface area contributed by atoms with E-state index in [9.17, 15) is 20.1 Å². The third-order valence-corrected chi connectivity index (χ3v) is 10.5. The lowest BCUT2D eigenvalue weighted by atomic mass is 9.60. The van der Waals surface area contributed by atoms with Crippen LogP contribution in [0.1, 0.15) is 104 Å². The van der Waals surface area contributed by atoms with Crippen LogP contribution in [0.15, 0.2) is 35.5 Å². The van der Waals surface area contributed by atoms with E-state index in [4.69, 9.17) is 0 Å². The van der Waals surface area contributed by atoms with Crippen LogP contribution in [0.4, 0.5) is 0 Å². The first kappa shape index (κ1) is 26.8. The van der Waals surface area contributed by atoms with Crippen molar-refractivity contribution in [2.24, 2.45) is 28.6 Å². The first-order valence-electron chi connectivity index (χ1n) is 14.3. The Kier molecular flexibility index (Phi) is 8.15. The fourth-order valence-electron chi connectivity index (χ4n) is 7.98. The lowest BCUT2D eigenvalue weighted by molar-refractivity contribution is -0.124. The molecule has 0 heterocycles. The van der Waals surface area contributed by atoms with Gasteiger partial charge in [0.05, 0.1) is 18.3 Å². The summed E-state index contributed by atoms with van der Waals surface area (Å²) in [6.07, 6.45) is 15.1. The first-order valence-corrected chi connectivity index (χ1v) is 14.3. The molecule has 0 spiro atoms. The molecule has 0 aromatic rings. The molecule has 7 atom stereocenters. The maximum Gasteiger partial charge on any atom is 0.138 e. The highest BCUT2D eigenvalue weighted by Crippen LogP contribution is 2.60. The lowest BCUT2D eigenvalue weighted by Gasteiger charge is -2.45. The van der Waals surface area contributed by atoms with Crippen molar-refractivity contribution in [3.8, 4) is 0 Å². The zero-order valence-corrected chi connectivity index (χ0v) is 22.3. The second-order valence-electron chi connectivity index (χ2n) is 12.5. The normalized spacial score (nSPS) is 38.4. The summed E-state index contributed by atoms with van der Waals surface area (Å²) in [6, 6.07) is 0. The number of hydrogen-bond donors (Lipinski definition) is 3. The minimum atomic E-state index is -0.645. The monoisotopic (exact) mass is 484 g/mol. The van der Waals surface area contributed by atoms with Crippen molar-refractivity contribution in [2.45, 2.75) is 123 Å². The van der Waals surface area contributed by atoms with Gasteiger partial charge in [0.2, 0.25) is 0 Å². The van der Waals surface area contributed by atoms with Crippen LogP contribution in [-0.2, 0) is 4.79 Å². The van der Waals surface area contributed by atoms with Gasteiger partial charge in [0.15, 0.2) is 0 Å². The van der Waals surface area contributed by atoms with Gasteiger partial charge in [0.25, 0.3) is 0 Å². The summed E-state index contributed by atoms with van der Waals surface area (Å²) in [7, 11) is 0. The molecule has 4 aliphatic carbocycles. The molecule has 4 saturated carbocycles. The molecule has 4 nitrogen and oxygen atoms in total. The Hall–Kier alpha value is -1.23. The summed E-state index contributed by atoms with van der Waals surface area (Å²) < 4.78 is 0. The molecule has 0 aliphatic heterocycles. The molecule has 4 heteroatoms. The molecule has 0 unspecified atom stereocenters. The van der Waals surface area contributed by atoms with Crippen molar-refractivity contribution in [1.82, 2.24) is 0 Å². The summed E-state index contributed by atoms with van der Waals surface area (Å²) in [4.78, 5) is 12.2. The number of Topliss-reactive ketones (excluding diaryl/α,β-unsaturated/α-hetero) is 1. The quantitative estimate of drug-likeness (QED) is 0.372. The van der Waals surface area contributed by atoms with Gasteiger partial charge in [-0.1, -0.05) is 45.1 Å². The van der Waals surface area contributed by atoms with Gasteiger partial charge in [-0.3, -0.25) is 4.79 Å². The first-order chi connectivity index (χ1) is 16.6. The number of aliphatic hydroxyl groups is 3. The summed E-state index contributed by atoms with van der Waals surface area (Å²) in [5.74, 6) is 1.74. The molecule has 4 fully saturated rings. The second kappa shape index (κ2) is 10.6. The average Bonchev–Trinajstić information content (AvgIpc) is 3.53. The van der Waals surface area contributed by atoms with E-state index >= 15 is 0 Å². The molecule has 4 aliphatic rings. The van der Waals surface area contributed by atoms with E-state index in [-0.39, 0.29) is 22.9 Å². The van der Waals surface area contributed by atoms with Crippen LogP contribution in [0, 0.1) is 28.6 Å². The van der Waals surface area contributed by atoms with Gasteiger partial charge in [-0.2, -0.15) is 0 Å². The number of aliphatic hydroxyl groups excluding tert-OH is 3. The molecule has 0 aromatic carbocycles. The van der Waals surface area contributed by atoms with E-state index in [1.54, 1.807) is 0 Å². The van der Waals surface area contributed by atoms with Crippen molar-refractivity contribution in [3.05, 3.63) is 35.5 Å². The van der Waals surface area contributed by atoms with Gasteiger partial charge < -0.3 is 15.3 Å². The second-order valence-corrected chi connectivity index (χ2v) is 12.5. The maximum atomic E-state index is 12.2. The number of allylic oxidation sites excluding steroid dienone is 3. The van der Waals surface area contributed by atoms with E-state index in [0.717, 1.165) is 56.1 Å². The standard InChI is InChI=1S/C31H48O4/c1-5-29(35)31(16-17-31)15-7-9-27(33)21(3)25-12-13-26-22(8-6-14-30(25,26)4)10-11-23-18-24(32)19-28(34)20(23)2/h10-11,21,24-28,32-34H,2,5-9,12-19H2,1,3-4H3/b22-10+,23-11-/t21-,24+,25+,26-,27-,28-,30+/m0/s1. The molecule has 4 rings (SSSR count). The van der Waals surface area contributed by atoms with Crippen LogP contribution in [0.25, 0.3) is 0 Å². The molecule has 196 valence electrons. The molecule has 0 amide bonds.